The fraction of sp³-hybridized carbons (Fsp3) is 0. The molecule has 28 heavy (non-hydrogen) atoms. The molecular weight excluding hydrogens is 405 g/mol. The Bertz CT molecular complexity index is 1190. The van der Waals surface area contributed by atoms with Gasteiger partial charge in [-0.3, -0.25) is 9.59 Å². The van der Waals surface area contributed by atoms with E-state index in [0.717, 1.165) is 12.1 Å². The third-order valence-corrected chi connectivity index (χ3v) is 5.01. The van der Waals surface area contributed by atoms with Gasteiger partial charge in [-0.15, -0.1) is 0 Å². The zero-order valence-electron chi connectivity index (χ0n) is 14.0. The average Bonchev–Trinajstić information content (AvgIpc) is 2.65. The quantitative estimate of drug-likeness (QED) is 0.281. The molecule has 1 aliphatic rings. The van der Waals surface area contributed by atoms with E-state index in [-0.39, 0.29) is 27.9 Å². The zero-order chi connectivity index (χ0) is 20.2. The number of hydrogen-bond acceptors (Lipinski definition) is 6. The second-order valence-electron chi connectivity index (χ2n) is 6.15. The average molecular weight is 416 g/mol. The van der Waals surface area contributed by atoms with Gasteiger partial charge in [-0.25, -0.2) is 0 Å². The lowest BCUT2D eigenvalue weighted by atomic mass is 9.82. The van der Waals surface area contributed by atoms with Crippen LogP contribution in [0.2, 0.25) is 10.0 Å². The second-order valence-corrected chi connectivity index (χ2v) is 6.99. The number of phenolic OH excluding ortho intramolecular Hbond substituents is 3. The molecule has 140 valence electrons. The first kappa shape index (κ1) is 18.2. The summed E-state index contributed by atoms with van der Waals surface area (Å²) in [5, 5.41) is 34.3. The molecule has 3 aromatic carbocycles. The van der Waals surface area contributed by atoms with Crippen LogP contribution in [0, 0.1) is 0 Å². The van der Waals surface area contributed by atoms with Crippen LogP contribution in [0.15, 0.2) is 42.5 Å². The van der Waals surface area contributed by atoms with Crippen molar-refractivity contribution in [1.82, 2.24) is 0 Å². The van der Waals surface area contributed by atoms with E-state index >= 15 is 0 Å². The van der Waals surface area contributed by atoms with Crippen LogP contribution in [0.5, 0.6) is 17.2 Å². The highest BCUT2D eigenvalue weighted by molar-refractivity contribution is 6.36. The molecule has 0 radical (unpaired) electrons. The van der Waals surface area contributed by atoms with Crippen LogP contribution in [0.1, 0.15) is 31.8 Å². The molecule has 0 heterocycles. The summed E-state index contributed by atoms with van der Waals surface area (Å²) in [5.74, 6) is -2.82. The molecule has 0 saturated carbocycles. The minimum absolute atomic E-state index is 0.0800. The maximum Gasteiger partial charge on any atom is 0.202 e. The Morgan fingerprint density at radius 1 is 0.714 bits per heavy atom. The minimum atomic E-state index is -0.777. The van der Waals surface area contributed by atoms with Crippen molar-refractivity contribution in [1.29, 1.82) is 0 Å². The van der Waals surface area contributed by atoms with Crippen LogP contribution in [0.25, 0.3) is 0 Å². The monoisotopic (exact) mass is 415 g/mol. The highest BCUT2D eigenvalue weighted by Crippen LogP contribution is 2.43. The number of hydrogen-bond donors (Lipinski definition) is 4. The van der Waals surface area contributed by atoms with Crippen molar-refractivity contribution < 1.29 is 24.9 Å². The van der Waals surface area contributed by atoms with Gasteiger partial charge in [-0.1, -0.05) is 23.2 Å². The number of fused-ring (bicyclic) bond motifs is 2. The minimum Gasteiger partial charge on any atom is -0.507 e. The van der Waals surface area contributed by atoms with Gasteiger partial charge >= 0.3 is 0 Å². The van der Waals surface area contributed by atoms with E-state index in [9.17, 15) is 24.9 Å². The summed E-state index contributed by atoms with van der Waals surface area (Å²) in [7, 11) is 0. The molecule has 1 aliphatic carbocycles. The second kappa shape index (κ2) is 6.44. The molecule has 0 bridgehead atoms. The van der Waals surface area contributed by atoms with Crippen LogP contribution in [0.3, 0.4) is 0 Å². The van der Waals surface area contributed by atoms with Crippen molar-refractivity contribution in [3.05, 3.63) is 74.8 Å². The Morgan fingerprint density at radius 2 is 1.32 bits per heavy atom. The molecule has 4 N–H and O–H groups in total. The zero-order valence-corrected chi connectivity index (χ0v) is 15.5. The number of aromatic hydroxyl groups is 3. The fourth-order valence-corrected chi connectivity index (χ4v) is 3.60. The third-order valence-electron chi connectivity index (χ3n) is 4.47. The number of halogens is 2. The summed E-state index contributed by atoms with van der Waals surface area (Å²) in [6, 6.07) is 9.70. The first-order chi connectivity index (χ1) is 13.3. The molecule has 0 amide bonds. The van der Waals surface area contributed by atoms with Crippen molar-refractivity contribution in [3.63, 3.8) is 0 Å². The van der Waals surface area contributed by atoms with Crippen LogP contribution in [-0.2, 0) is 0 Å². The number of carbonyl (C=O) groups is 2. The van der Waals surface area contributed by atoms with E-state index in [1.54, 1.807) is 12.1 Å². The third kappa shape index (κ3) is 2.66. The van der Waals surface area contributed by atoms with Gasteiger partial charge in [0.2, 0.25) is 5.78 Å². The molecule has 0 aliphatic heterocycles. The predicted molar refractivity (Wildman–Crippen MR) is 104 cm³/mol. The number of rotatable bonds is 2. The number of nitrogens with one attached hydrogen (secondary N) is 1. The Morgan fingerprint density at radius 3 is 1.96 bits per heavy atom. The molecule has 0 unspecified atom stereocenters. The van der Waals surface area contributed by atoms with Gasteiger partial charge in [-0.05, 0) is 42.5 Å². The normalized spacial score (nSPS) is 12.5. The summed E-state index contributed by atoms with van der Waals surface area (Å²) >= 11 is 12.0. The number of phenols is 3. The van der Waals surface area contributed by atoms with Crippen molar-refractivity contribution in [3.8, 4) is 17.2 Å². The molecule has 0 spiro atoms. The van der Waals surface area contributed by atoms with Crippen LogP contribution < -0.4 is 5.32 Å². The predicted octanol–water partition coefficient (Wildman–Crippen LogP) is 4.63. The van der Waals surface area contributed by atoms with E-state index in [0.29, 0.717) is 15.7 Å². The van der Waals surface area contributed by atoms with E-state index < -0.39 is 28.8 Å². The SMILES string of the molecule is O=C1c2ccc(Nc3ccc(Cl)cc3Cl)c(O)c2C(=O)c2c(O)ccc(O)c21. The summed E-state index contributed by atoms with van der Waals surface area (Å²) in [6.45, 7) is 0. The first-order valence-electron chi connectivity index (χ1n) is 8.02. The maximum atomic E-state index is 12.9. The van der Waals surface area contributed by atoms with Crippen LogP contribution in [-0.4, -0.2) is 26.9 Å². The molecule has 0 saturated heterocycles. The van der Waals surface area contributed by atoms with Gasteiger partial charge < -0.3 is 20.6 Å². The summed E-state index contributed by atoms with van der Waals surface area (Å²) in [4.78, 5) is 25.7. The standard InChI is InChI=1S/C20H11Cl2NO5/c21-8-1-3-11(10(22)7-8)23-12-4-2-9-15(19(12)27)20(28)17-14(25)6-5-13(24)16(17)18(9)26/h1-7,23-25,27H. The molecule has 6 nitrogen and oxygen atoms in total. The number of anilines is 2. The lowest BCUT2D eigenvalue weighted by Crippen LogP contribution is -2.21. The van der Waals surface area contributed by atoms with Crippen molar-refractivity contribution in [2.45, 2.75) is 0 Å². The summed E-state index contributed by atoms with van der Waals surface area (Å²) < 4.78 is 0. The summed E-state index contributed by atoms with van der Waals surface area (Å²) in [5.41, 5.74) is -0.436. The molecule has 0 fully saturated rings. The van der Waals surface area contributed by atoms with Gasteiger partial charge in [0.1, 0.15) is 11.5 Å². The Kier molecular flexibility index (Phi) is 4.18. The molecule has 8 heteroatoms. The van der Waals surface area contributed by atoms with E-state index in [1.165, 1.54) is 18.2 Å². The molecule has 0 aromatic heterocycles. The lowest BCUT2D eigenvalue weighted by molar-refractivity contribution is 0.0972. The van der Waals surface area contributed by atoms with Crippen LogP contribution in [0.4, 0.5) is 11.4 Å². The largest absolute Gasteiger partial charge is 0.507 e. The van der Waals surface area contributed by atoms with E-state index in [2.05, 4.69) is 5.32 Å². The van der Waals surface area contributed by atoms with E-state index in [1.807, 2.05) is 0 Å². The Labute approximate surface area is 168 Å². The highest BCUT2D eigenvalue weighted by Gasteiger charge is 2.37. The Balaban J connectivity index is 1.86. The maximum absolute atomic E-state index is 12.9. The van der Waals surface area contributed by atoms with Crippen molar-refractivity contribution in [2.75, 3.05) is 5.32 Å². The van der Waals surface area contributed by atoms with Gasteiger partial charge in [0.05, 0.1) is 33.1 Å². The molecule has 4 rings (SSSR count). The molecule has 3 aromatic rings. The number of ketones is 2. The van der Waals surface area contributed by atoms with E-state index in [4.69, 9.17) is 23.2 Å². The molecular formula is C20H11Cl2NO5. The number of benzene rings is 3. The Hall–Kier alpha value is -3.22. The van der Waals surface area contributed by atoms with Gasteiger partial charge in [0, 0.05) is 10.6 Å². The molecule has 0 atom stereocenters. The van der Waals surface area contributed by atoms with Gasteiger partial charge in [-0.2, -0.15) is 0 Å². The smallest absolute Gasteiger partial charge is 0.202 e. The van der Waals surface area contributed by atoms with Gasteiger partial charge in [0.15, 0.2) is 11.5 Å². The lowest BCUT2D eigenvalue weighted by Gasteiger charge is -2.21. The van der Waals surface area contributed by atoms with Gasteiger partial charge in [0.25, 0.3) is 0 Å². The van der Waals surface area contributed by atoms with Crippen molar-refractivity contribution in [2.24, 2.45) is 0 Å². The number of carbonyl (C=O) groups excluding carboxylic acids is 2. The first-order valence-corrected chi connectivity index (χ1v) is 8.77. The highest BCUT2D eigenvalue weighted by atomic mass is 35.5. The van der Waals surface area contributed by atoms with Crippen LogP contribution >= 0.6 is 23.2 Å². The topological polar surface area (TPSA) is 107 Å². The van der Waals surface area contributed by atoms with Crippen molar-refractivity contribution >= 4 is 46.1 Å². The fourth-order valence-electron chi connectivity index (χ4n) is 3.15. The summed E-state index contributed by atoms with van der Waals surface area (Å²) in [6.07, 6.45) is 0.